The first kappa shape index (κ1) is 11.5. The molecule has 0 heterocycles. The number of methoxy groups -OCH3 is 1. The van der Waals surface area contributed by atoms with Crippen LogP contribution in [0.1, 0.15) is 10.4 Å². The molecule has 0 spiro atoms. The minimum Gasteiger partial charge on any atom is -0.496 e. The molecule has 0 aromatic heterocycles. The third kappa shape index (κ3) is 2.24. The van der Waals surface area contributed by atoms with Gasteiger partial charge in [-0.15, -0.1) is 0 Å². The zero-order valence-corrected chi connectivity index (χ0v) is 8.34. The molecule has 0 aliphatic carbocycles. The van der Waals surface area contributed by atoms with Crippen LogP contribution < -0.4 is 4.74 Å². The number of rotatable bonds is 3. The first-order valence-electron chi connectivity index (χ1n) is 3.78. The summed E-state index contributed by atoms with van der Waals surface area (Å²) in [7, 11) is 1.20. The number of carbonyl (C=O) groups is 2. The number of halogens is 2. The summed E-state index contributed by atoms with van der Waals surface area (Å²) in [5.74, 6) is -3.80. The largest absolute Gasteiger partial charge is 0.496 e. The molecule has 80 valence electrons. The van der Waals surface area contributed by atoms with Gasteiger partial charge in [-0.3, -0.25) is 4.79 Å². The zero-order chi connectivity index (χ0) is 11.6. The Kier molecular flexibility index (Phi) is 3.26. The molecule has 0 saturated carbocycles. The predicted molar refractivity (Wildman–Crippen MR) is 49.9 cm³/mol. The second kappa shape index (κ2) is 4.27. The molecule has 0 saturated heterocycles. The molecule has 15 heavy (non-hydrogen) atoms. The average Bonchev–Trinajstić information content (AvgIpc) is 2.20. The minimum absolute atomic E-state index is 0.163. The van der Waals surface area contributed by atoms with Crippen molar-refractivity contribution < 1.29 is 23.8 Å². The summed E-state index contributed by atoms with van der Waals surface area (Å²) in [6.07, 6.45) is 0. The topological polar surface area (TPSA) is 63.6 Å². The van der Waals surface area contributed by atoms with Crippen molar-refractivity contribution in [1.82, 2.24) is 0 Å². The Morgan fingerprint density at radius 2 is 2.07 bits per heavy atom. The van der Waals surface area contributed by atoms with Gasteiger partial charge in [0.15, 0.2) is 0 Å². The van der Waals surface area contributed by atoms with E-state index < -0.39 is 17.6 Å². The van der Waals surface area contributed by atoms with Crippen LogP contribution in [0.4, 0.5) is 4.39 Å². The molecule has 0 bridgehead atoms. The van der Waals surface area contributed by atoms with Gasteiger partial charge < -0.3 is 9.84 Å². The molecular weight excluding hydrogens is 227 g/mol. The van der Waals surface area contributed by atoms with E-state index in [1.807, 2.05) is 0 Å². The fourth-order valence-corrected chi connectivity index (χ4v) is 1.15. The molecule has 0 unspecified atom stereocenters. The molecule has 1 aromatic rings. The summed E-state index contributed by atoms with van der Waals surface area (Å²) in [4.78, 5) is 21.5. The van der Waals surface area contributed by atoms with Crippen molar-refractivity contribution in [3.05, 3.63) is 28.5 Å². The average molecular weight is 233 g/mol. The van der Waals surface area contributed by atoms with E-state index in [2.05, 4.69) is 4.74 Å². The molecule has 0 aliphatic rings. The number of carbonyl (C=O) groups excluding carboxylic acids is 1. The Morgan fingerprint density at radius 3 is 2.53 bits per heavy atom. The minimum atomic E-state index is -1.66. The summed E-state index contributed by atoms with van der Waals surface area (Å²) < 4.78 is 17.6. The van der Waals surface area contributed by atoms with Gasteiger partial charge in [-0.25, -0.2) is 9.18 Å². The molecule has 1 rings (SSSR count). The van der Waals surface area contributed by atoms with Gasteiger partial charge in [0.2, 0.25) is 0 Å². The van der Waals surface area contributed by atoms with Crippen LogP contribution in [0.2, 0.25) is 5.02 Å². The Hall–Kier alpha value is -1.62. The second-order valence-corrected chi connectivity index (χ2v) is 3.01. The van der Waals surface area contributed by atoms with Crippen LogP contribution in [0.25, 0.3) is 0 Å². The molecule has 0 amide bonds. The van der Waals surface area contributed by atoms with Crippen LogP contribution in [0.5, 0.6) is 5.75 Å². The van der Waals surface area contributed by atoms with Crippen LogP contribution in [0.3, 0.4) is 0 Å². The van der Waals surface area contributed by atoms with Gasteiger partial charge in [-0.1, -0.05) is 11.6 Å². The Balaban J connectivity index is 3.34. The van der Waals surface area contributed by atoms with E-state index in [-0.39, 0.29) is 16.3 Å². The molecule has 1 N–H and O–H groups in total. The van der Waals surface area contributed by atoms with Crippen molar-refractivity contribution in [2.45, 2.75) is 0 Å². The number of hydrogen-bond acceptors (Lipinski definition) is 3. The zero-order valence-electron chi connectivity index (χ0n) is 7.58. The lowest BCUT2D eigenvalue weighted by molar-refractivity contribution is -0.131. The fourth-order valence-electron chi connectivity index (χ4n) is 0.990. The quantitative estimate of drug-likeness (QED) is 0.637. The summed E-state index contributed by atoms with van der Waals surface area (Å²) in [5.41, 5.74) is -0.281. The summed E-state index contributed by atoms with van der Waals surface area (Å²) >= 11 is 5.42. The number of benzene rings is 1. The lowest BCUT2D eigenvalue weighted by atomic mass is 10.1. The van der Waals surface area contributed by atoms with E-state index in [9.17, 15) is 14.0 Å². The van der Waals surface area contributed by atoms with E-state index in [0.29, 0.717) is 0 Å². The first-order chi connectivity index (χ1) is 6.97. The number of Topliss-reactive ketones (excluding diaryl/α,β-unsaturated/α-hetero) is 1. The van der Waals surface area contributed by atoms with Gasteiger partial charge in [-0.05, 0) is 6.07 Å². The smallest absolute Gasteiger partial charge is 0.377 e. The van der Waals surface area contributed by atoms with Crippen molar-refractivity contribution in [2.24, 2.45) is 0 Å². The van der Waals surface area contributed by atoms with Gasteiger partial charge in [-0.2, -0.15) is 0 Å². The Bertz CT molecular complexity index is 430. The fraction of sp³-hybridized carbons (Fsp3) is 0.111. The second-order valence-electron chi connectivity index (χ2n) is 2.60. The third-order valence-corrected chi connectivity index (χ3v) is 1.97. The molecule has 6 heteroatoms. The number of ether oxygens (including phenoxy) is 1. The van der Waals surface area contributed by atoms with Gasteiger partial charge >= 0.3 is 5.97 Å². The van der Waals surface area contributed by atoms with Crippen LogP contribution in [0, 0.1) is 5.82 Å². The van der Waals surface area contributed by atoms with Gasteiger partial charge in [0.25, 0.3) is 5.78 Å². The highest BCUT2D eigenvalue weighted by Gasteiger charge is 2.21. The highest BCUT2D eigenvalue weighted by atomic mass is 35.5. The molecule has 0 radical (unpaired) electrons. The Labute approximate surface area is 89.2 Å². The lowest BCUT2D eigenvalue weighted by Crippen LogP contribution is -2.14. The van der Waals surface area contributed by atoms with Gasteiger partial charge in [0, 0.05) is 6.07 Å². The highest BCUT2D eigenvalue weighted by molar-refractivity contribution is 6.41. The number of carboxylic acids is 1. The van der Waals surface area contributed by atoms with Crippen molar-refractivity contribution in [2.75, 3.05) is 7.11 Å². The monoisotopic (exact) mass is 232 g/mol. The van der Waals surface area contributed by atoms with Crippen LogP contribution in [0.15, 0.2) is 12.1 Å². The summed E-state index contributed by atoms with van der Waals surface area (Å²) in [6.45, 7) is 0. The van der Waals surface area contributed by atoms with Crippen LogP contribution in [-0.4, -0.2) is 24.0 Å². The van der Waals surface area contributed by atoms with Crippen molar-refractivity contribution in [3.8, 4) is 5.75 Å². The third-order valence-electron chi connectivity index (χ3n) is 1.68. The van der Waals surface area contributed by atoms with Gasteiger partial charge in [0.1, 0.15) is 11.6 Å². The maximum absolute atomic E-state index is 12.9. The lowest BCUT2D eigenvalue weighted by Gasteiger charge is -2.06. The SMILES string of the molecule is COc1cc(F)c(Cl)cc1C(=O)C(=O)O. The van der Waals surface area contributed by atoms with Crippen molar-refractivity contribution in [1.29, 1.82) is 0 Å². The molecule has 0 aliphatic heterocycles. The molecule has 4 nitrogen and oxygen atoms in total. The maximum Gasteiger partial charge on any atom is 0.377 e. The first-order valence-corrected chi connectivity index (χ1v) is 4.15. The van der Waals surface area contributed by atoms with E-state index in [4.69, 9.17) is 16.7 Å². The van der Waals surface area contributed by atoms with E-state index in [0.717, 1.165) is 12.1 Å². The number of ketones is 1. The van der Waals surface area contributed by atoms with Crippen molar-refractivity contribution >= 4 is 23.4 Å². The van der Waals surface area contributed by atoms with E-state index in [1.54, 1.807) is 0 Å². The summed E-state index contributed by atoms with van der Waals surface area (Å²) in [5, 5.41) is 8.14. The van der Waals surface area contributed by atoms with Crippen LogP contribution >= 0.6 is 11.6 Å². The Morgan fingerprint density at radius 1 is 1.47 bits per heavy atom. The van der Waals surface area contributed by atoms with Crippen LogP contribution in [-0.2, 0) is 4.79 Å². The maximum atomic E-state index is 12.9. The normalized spacial score (nSPS) is 9.80. The molecule has 1 aromatic carbocycles. The number of aliphatic carboxylic acids is 1. The van der Waals surface area contributed by atoms with E-state index >= 15 is 0 Å². The molecule has 0 fully saturated rings. The van der Waals surface area contributed by atoms with E-state index in [1.165, 1.54) is 7.11 Å². The molecule has 0 atom stereocenters. The van der Waals surface area contributed by atoms with Crippen molar-refractivity contribution in [3.63, 3.8) is 0 Å². The number of hydrogen-bond donors (Lipinski definition) is 1. The standard InChI is InChI=1S/C9H6ClFO4/c1-15-7-3-6(11)5(10)2-4(7)8(12)9(13)14/h2-3H,1H3,(H,13,14). The predicted octanol–water partition coefficient (Wildman–Crippen LogP) is 1.75. The number of carboxylic acid groups (broad SMARTS) is 1. The highest BCUT2D eigenvalue weighted by Crippen LogP contribution is 2.26. The van der Waals surface area contributed by atoms with Gasteiger partial charge in [0.05, 0.1) is 17.7 Å². The summed E-state index contributed by atoms with van der Waals surface area (Å²) in [6, 6.07) is 1.78. The molecular formula is C9H6ClFO4.